The van der Waals surface area contributed by atoms with Crippen LogP contribution in [0.4, 0.5) is 11.5 Å². The lowest BCUT2D eigenvalue weighted by Crippen LogP contribution is -2.37. The largest absolute Gasteiger partial charge is 0.481 e. The van der Waals surface area contributed by atoms with E-state index in [4.69, 9.17) is 10.8 Å². The van der Waals surface area contributed by atoms with Gasteiger partial charge in [0.2, 0.25) is 0 Å². The van der Waals surface area contributed by atoms with Gasteiger partial charge in [0.1, 0.15) is 17.0 Å². The molecule has 2 aromatic heterocycles. The van der Waals surface area contributed by atoms with E-state index in [0.717, 1.165) is 15.8 Å². The molecule has 1 aromatic carbocycles. The number of anilines is 2. The number of piperidine rings is 1. The van der Waals surface area contributed by atoms with Gasteiger partial charge in [0.15, 0.2) is 5.82 Å². The van der Waals surface area contributed by atoms with Gasteiger partial charge in [0.05, 0.1) is 11.4 Å². The Labute approximate surface area is 160 Å². The summed E-state index contributed by atoms with van der Waals surface area (Å²) in [5.41, 5.74) is 7.80. The van der Waals surface area contributed by atoms with Crippen molar-refractivity contribution in [3.05, 3.63) is 42.9 Å². The minimum atomic E-state index is -0.731. The molecule has 3 N–H and O–H groups in total. The summed E-state index contributed by atoms with van der Waals surface area (Å²) in [6, 6.07) is 9.94. The SMILES string of the molecule is Nc1c(Sc2cccc3cccnc23)ncnc1N1CCC(C(=O)O)CC1. The van der Waals surface area contributed by atoms with Gasteiger partial charge in [-0.2, -0.15) is 0 Å². The van der Waals surface area contributed by atoms with E-state index in [1.54, 1.807) is 6.20 Å². The van der Waals surface area contributed by atoms with Crippen LogP contribution < -0.4 is 10.6 Å². The van der Waals surface area contributed by atoms with E-state index in [2.05, 4.69) is 15.0 Å². The quantitative estimate of drug-likeness (QED) is 0.664. The average Bonchev–Trinajstić information content (AvgIpc) is 2.70. The summed E-state index contributed by atoms with van der Waals surface area (Å²) in [4.78, 5) is 27.4. The van der Waals surface area contributed by atoms with Gasteiger partial charge in [-0.1, -0.05) is 30.0 Å². The lowest BCUT2D eigenvalue weighted by Gasteiger charge is -2.31. The average molecular weight is 381 g/mol. The van der Waals surface area contributed by atoms with Crippen molar-refractivity contribution in [3.63, 3.8) is 0 Å². The number of carboxylic acids is 1. The highest BCUT2D eigenvalue weighted by atomic mass is 32.2. The fourth-order valence-corrected chi connectivity index (χ4v) is 4.23. The Morgan fingerprint density at radius 1 is 1.15 bits per heavy atom. The first kappa shape index (κ1) is 17.5. The van der Waals surface area contributed by atoms with Crippen molar-refractivity contribution >= 4 is 40.1 Å². The molecule has 0 atom stereocenters. The molecule has 0 radical (unpaired) electrons. The highest BCUT2D eigenvalue weighted by Gasteiger charge is 2.26. The molecule has 3 aromatic rings. The van der Waals surface area contributed by atoms with E-state index in [1.807, 2.05) is 35.2 Å². The second-order valence-corrected chi connectivity index (χ2v) is 7.48. The zero-order valence-electron chi connectivity index (χ0n) is 14.6. The fourth-order valence-electron chi connectivity index (χ4n) is 3.31. The molecule has 8 heteroatoms. The molecule has 0 unspecified atom stereocenters. The monoisotopic (exact) mass is 381 g/mol. The molecule has 138 valence electrons. The molecule has 1 saturated heterocycles. The number of hydrogen-bond donors (Lipinski definition) is 2. The fraction of sp³-hybridized carbons (Fsp3) is 0.263. The molecular formula is C19H19N5O2S. The minimum absolute atomic E-state index is 0.292. The Bertz CT molecular complexity index is 984. The number of fused-ring (bicyclic) bond motifs is 1. The van der Waals surface area contributed by atoms with E-state index in [0.29, 0.717) is 42.5 Å². The van der Waals surface area contributed by atoms with Crippen LogP contribution in [0.3, 0.4) is 0 Å². The van der Waals surface area contributed by atoms with Gasteiger partial charge in [-0.3, -0.25) is 9.78 Å². The molecule has 0 spiro atoms. The van der Waals surface area contributed by atoms with Gasteiger partial charge < -0.3 is 15.7 Å². The Hall–Kier alpha value is -2.87. The molecule has 0 bridgehead atoms. The molecule has 27 heavy (non-hydrogen) atoms. The van der Waals surface area contributed by atoms with Crippen molar-refractivity contribution in [1.29, 1.82) is 0 Å². The Morgan fingerprint density at radius 2 is 1.93 bits per heavy atom. The smallest absolute Gasteiger partial charge is 0.306 e. The third-order valence-electron chi connectivity index (χ3n) is 4.77. The predicted molar refractivity (Wildman–Crippen MR) is 105 cm³/mol. The number of carbonyl (C=O) groups is 1. The number of nitrogens with two attached hydrogens (primary N) is 1. The summed E-state index contributed by atoms with van der Waals surface area (Å²) in [5, 5.41) is 10.9. The van der Waals surface area contributed by atoms with Crippen molar-refractivity contribution in [2.75, 3.05) is 23.7 Å². The number of hydrogen-bond acceptors (Lipinski definition) is 7. The minimum Gasteiger partial charge on any atom is -0.481 e. The van der Waals surface area contributed by atoms with Gasteiger partial charge in [-0.05, 0) is 25.0 Å². The third-order valence-corrected chi connectivity index (χ3v) is 5.84. The number of aliphatic carboxylic acids is 1. The van der Waals surface area contributed by atoms with Crippen molar-refractivity contribution in [2.45, 2.75) is 22.8 Å². The summed E-state index contributed by atoms with van der Waals surface area (Å²) in [5.74, 6) is -0.352. The summed E-state index contributed by atoms with van der Waals surface area (Å²) < 4.78 is 0. The van der Waals surface area contributed by atoms with E-state index in [-0.39, 0.29) is 5.92 Å². The maximum atomic E-state index is 11.2. The van der Waals surface area contributed by atoms with Crippen LogP contribution in [0, 0.1) is 5.92 Å². The molecule has 0 aliphatic carbocycles. The summed E-state index contributed by atoms with van der Waals surface area (Å²) in [7, 11) is 0. The van der Waals surface area contributed by atoms with Gasteiger partial charge in [-0.25, -0.2) is 9.97 Å². The second-order valence-electron chi connectivity index (χ2n) is 6.45. The number of rotatable bonds is 4. The van der Waals surface area contributed by atoms with Crippen molar-refractivity contribution < 1.29 is 9.90 Å². The Balaban J connectivity index is 1.60. The van der Waals surface area contributed by atoms with Crippen LogP contribution >= 0.6 is 11.8 Å². The third kappa shape index (κ3) is 3.52. The zero-order chi connectivity index (χ0) is 18.8. The maximum Gasteiger partial charge on any atom is 0.306 e. The van der Waals surface area contributed by atoms with Crippen LogP contribution in [0.15, 0.2) is 52.8 Å². The first-order chi connectivity index (χ1) is 13.1. The van der Waals surface area contributed by atoms with E-state index in [1.165, 1.54) is 18.1 Å². The van der Waals surface area contributed by atoms with Gasteiger partial charge in [0.25, 0.3) is 0 Å². The van der Waals surface area contributed by atoms with Crippen LogP contribution in [0.5, 0.6) is 0 Å². The summed E-state index contributed by atoms with van der Waals surface area (Å²) >= 11 is 1.47. The van der Waals surface area contributed by atoms with Crippen LogP contribution in [-0.4, -0.2) is 39.1 Å². The maximum absolute atomic E-state index is 11.2. The molecule has 1 aliphatic rings. The van der Waals surface area contributed by atoms with E-state index < -0.39 is 5.97 Å². The standard InChI is InChI=1S/C19H19N5O2S/c20-15-17(24-9-6-13(7-10-24)19(25)26)22-11-23-18(15)27-14-5-1-3-12-4-2-8-21-16(12)14/h1-5,8,11,13H,6-7,9-10,20H2,(H,25,26). The molecule has 4 rings (SSSR count). The second kappa shape index (κ2) is 7.40. The first-order valence-corrected chi connectivity index (χ1v) is 9.55. The molecule has 7 nitrogen and oxygen atoms in total. The Morgan fingerprint density at radius 3 is 2.70 bits per heavy atom. The van der Waals surface area contributed by atoms with Crippen LogP contribution in [0.25, 0.3) is 10.9 Å². The lowest BCUT2D eigenvalue weighted by molar-refractivity contribution is -0.142. The first-order valence-electron chi connectivity index (χ1n) is 8.73. The number of pyridine rings is 1. The number of carboxylic acid groups (broad SMARTS) is 1. The van der Waals surface area contributed by atoms with Gasteiger partial charge in [0, 0.05) is 29.6 Å². The highest BCUT2D eigenvalue weighted by molar-refractivity contribution is 7.99. The van der Waals surface area contributed by atoms with Crippen molar-refractivity contribution in [1.82, 2.24) is 15.0 Å². The molecule has 1 aliphatic heterocycles. The number of nitrogen functional groups attached to an aromatic ring is 1. The van der Waals surface area contributed by atoms with Crippen LogP contribution in [0.2, 0.25) is 0 Å². The summed E-state index contributed by atoms with van der Waals surface area (Å²) in [6.07, 6.45) is 4.46. The van der Waals surface area contributed by atoms with E-state index >= 15 is 0 Å². The highest BCUT2D eigenvalue weighted by Crippen LogP contribution is 2.37. The van der Waals surface area contributed by atoms with E-state index in [9.17, 15) is 4.79 Å². The van der Waals surface area contributed by atoms with Crippen molar-refractivity contribution in [3.8, 4) is 0 Å². The van der Waals surface area contributed by atoms with Crippen LogP contribution in [-0.2, 0) is 4.79 Å². The van der Waals surface area contributed by atoms with Crippen LogP contribution in [0.1, 0.15) is 12.8 Å². The molecular weight excluding hydrogens is 362 g/mol. The number of para-hydroxylation sites is 1. The molecule has 1 fully saturated rings. The number of benzene rings is 1. The predicted octanol–water partition coefficient (Wildman–Crippen LogP) is 3.06. The Kier molecular flexibility index (Phi) is 4.81. The normalized spacial score (nSPS) is 15.2. The van der Waals surface area contributed by atoms with Crippen molar-refractivity contribution in [2.24, 2.45) is 5.92 Å². The number of aromatic nitrogens is 3. The molecule has 0 amide bonds. The van der Waals surface area contributed by atoms with Gasteiger partial charge >= 0.3 is 5.97 Å². The molecule has 3 heterocycles. The van der Waals surface area contributed by atoms with Gasteiger partial charge in [-0.15, -0.1) is 0 Å². The zero-order valence-corrected chi connectivity index (χ0v) is 15.4. The molecule has 0 saturated carbocycles. The topological polar surface area (TPSA) is 105 Å². The number of nitrogens with zero attached hydrogens (tertiary/aromatic N) is 4. The lowest BCUT2D eigenvalue weighted by atomic mass is 9.97. The summed E-state index contributed by atoms with van der Waals surface area (Å²) in [6.45, 7) is 1.25.